The molecule has 0 radical (unpaired) electrons. The monoisotopic (exact) mass is 368 g/mol. The smallest absolute Gasteiger partial charge is 0.232 e. The number of rotatable bonds is 5. The highest BCUT2D eigenvalue weighted by Crippen LogP contribution is 2.30. The number of azide groups is 1. The van der Waals surface area contributed by atoms with E-state index in [4.69, 9.17) is 5.53 Å². The molecule has 0 aliphatic carbocycles. The van der Waals surface area contributed by atoms with Crippen LogP contribution in [-0.2, 0) is 0 Å². The fourth-order valence-electron chi connectivity index (χ4n) is 2.02. The van der Waals surface area contributed by atoms with Crippen molar-refractivity contribution in [2.75, 3.05) is 10.6 Å². The van der Waals surface area contributed by atoms with Gasteiger partial charge < -0.3 is 31.1 Å². The highest BCUT2D eigenvalue weighted by atomic mass is 16.3. The van der Waals surface area contributed by atoms with E-state index >= 15 is 0 Å². The summed E-state index contributed by atoms with van der Waals surface area (Å²) in [5, 5.41) is 46.7. The van der Waals surface area contributed by atoms with E-state index in [0.717, 1.165) is 0 Å². The Morgan fingerprint density at radius 1 is 0.741 bits per heavy atom. The van der Waals surface area contributed by atoms with Gasteiger partial charge in [-0.15, -0.1) is 0 Å². The summed E-state index contributed by atoms with van der Waals surface area (Å²) < 4.78 is 0. The van der Waals surface area contributed by atoms with Crippen molar-refractivity contribution in [2.24, 2.45) is 5.11 Å². The number of phenols is 4. The van der Waals surface area contributed by atoms with Crippen molar-refractivity contribution in [3.63, 3.8) is 0 Å². The lowest BCUT2D eigenvalue weighted by Gasteiger charge is -2.10. The number of benzene rings is 2. The Morgan fingerprint density at radius 2 is 1.22 bits per heavy atom. The molecule has 0 fully saturated rings. The molecular formula is C15H12N8O4. The van der Waals surface area contributed by atoms with Crippen molar-refractivity contribution in [2.45, 2.75) is 0 Å². The lowest BCUT2D eigenvalue weighted by molar-refractivity contribution is 0.404. The minimum absolute atomic E-state index is 0.0111. The third-order valence-corrected chi connectivity index (χ3v) is 3.22. The SMILES string of the molecule is [N-]=[N+]=Nc1nc(Nc2ccc(O)c(O)c2)nc(Nc2ccc(O)c(O)c2)n1. The standard InChI is InChI=1S/C15H12N8O4/c16-23-22-15-20-13(17-7-1-3-9(24)11(26)5-7)19-14(21-15)18-8-2-4-10(25)12(27)6-8/h1-6,24-27H,(H2,17,18,19,20,21). The van der Waals surface area contributed by atoms with Crippen LogP contribution in [0.2, 0.25) is 0 Å². The van der Waals surface area contributed by atoms with Crippen molar-refractivity contribution in [3.8, 4) is 23.0 Å². The highest BCUT2D eigenvalue weighted by molar-refractivity contribution is 5.63. The van der Waals surface area contributed by atoms with E-state index < -0.39 is 0 Å². The molecule has 136 valence electrons. The summed E-state index contributed by atoms with van der Waals surface area (Å²) in [5.41, 5.74) is 9.33. The van der Waals surface area contributed by atoms with Crippen molar-refractivity contribution >= 4 is 29.2 Å². The minimum Gasteiger partial charge on any atom is -0.504 e. The first-order valence-electron chi connectivity index (χ1n) is 7.34. The molecule has 3 rings (SSSR count). The molecule has 6 N–H and O–H groups in total. The summed E-state index contributed by atoms with van der Waals surface area (Å²) in [6, 6.07) is 7.97. The van der Waals surface area contributed by atoms with Gasteiger partial charge in [0.1, 0.15) is 0 Å². The van der Waals surface area contributed by atoms with Crippen LogP contribution < -0.4 is 10.6 Å². The third-order valence-electron chi connectivity index (χ3n) is 3.22. The van der Waals surface area contributed by atoms with Crippen LogP contribution in [-0.4, -0.2) is 35.4 Å². The minimum atomic E-state index is -0.345. The zero-order valence-electron chi connectivity index (χ0n) is 13.4. The maximum Gasteiger partial charge on any atom is 0.232 e. The highest BCUT2D eigenvalue weighted by Gasteiger charge is 2.09. The lowest BCUT2D eigenvalue weighted by Crippen LogP contribution is -2.03. The van der Waals surface area contributed by atoms with Crippen molar-refractivity contribution in [1.29, 1.82) is 0 Å². The molecule has 0 atom stereocenters. The van der Waals surface area contributed by atoms with Crippen molar-refractivity contribution in [3.05, 3.63) is 46.8 Å². The Bertz CT molecular complexity index is 980. The number of aromatic nitrogens is 3. The number of phenolic OH excluding ortho intramolecular Hbond substituents is 4. The van der Waals surface area contributed by atoms with Gasteiger partial charge in [0.25, 0.3) is 0 Å². The van der Waals surface area contributed by atoms with Crippen LogP contribution in [0.4, 0.5) is 29.2 Å². The van der Waals surface area contributed by atoms with E-state index in [1.807, 2.05) is 0 Å². The first kappa shape index (κ1) is 17.4. The molecule has 0 saturated carbocycles. The Kier molecular flexibility index (Phi) is 4.64. The lowest BCUT2D eigenvalue weighted by atomic mass is 10.3. The van der Waals surface area contributed by atoms with E-state index in [9.17, 15) is 20.4 Å². The molecule has 1 aromatic heterocycles. The summed E-state index contributed by atoms with van der Waals surface area (Å²) in [6.07, 6.45) is 0. The number of nitrogens with zero attached hydrogens (tertiary/aromatic N) is 6. The fourth-order valence-corrected chi connectivity index (χ4v) is 2.02. The number of nitrogens with one attached hydrogen (secondary N) is 2. The molecule has 0 unspecified atom stereocenters. The topological polar surface area (TPSA) is 192 Å². The second-order valence-electron chi connectivity index (χ2n) is 5.13. The molecule has 0 saturated heterocycles. The number of anilines is 4. The molecule has 0 aliphatic rings. The summed E-state index contributed by atoms with van der Waals surface area (Å²) in [6.45, 7) is 0. The second-order valence-corrected chi connectivity index (χ2v) is 5.13. The first-order valence-corrected chi connectivity index (χ1v) is 7.34. The Hall–Kier alpha value is -4.44. The second kappa shape index (κ2) is 7.21. The maximum atomic E-state index is 9.55. The van der Waals surface area contributed by atoms with E-state index in [2.05, 4.69) is 35.6 Å². The van der Waals surface area contributed by atoms with Gasteiger partial charge in [0.2, 0.25) is 17.8 Å². The van der Waals surface area contributed by atoms with E-state index in [0.29, 0.717) is 11.4 Å². The summed E-state index contributed by atoms with van der Waals surface area (Å²) in [7, 11) is 0. The molecule has 12 nitrogen and oxygen atoms in total. The van der Waals surface area contributed by atoms with Gasteiger partial charge in [-0.3, -0.25) is 0 Å². The molecular weight excluding hydrogens is 356 g/mol. The Labute approximate surface area is 151 Å². The van der Waals surface area contributed by atoms with E-state index in [1.165, 1.54) is 36.4 Å². The van der Waals surface area contributed by atoms with Gasteiger partial charge in [-0.05, 0) is 34.9 Å². The molecule has 0 amide bonds. The van der Waals surface area contributed by atoms with Gasteiger partial charge in [0.05, 0.1) is 0 Å². The van der Waals surface area contributed by atoms with Crippen LogP contribution in [0.1, 0.15) is 0 Å². The van der Waals surface area contributed by atoms with Crippen LogP contribution in [0, 0.1) is 0 Å². The summed E-state index contributed by atoms with van der Waals surface area (Å²) in [4.78, 5) is 14.6. The molecule has 1 heterocycles. The molecule has 12 heteroatoms. The number of hydrogen-bond acceptors (Lipinski definition) is 10. The molecule has 27 heavy (non-hydrogen) atoms. The van der Waals surface area contributed by atoms with Crippen LogP contribution in [0.15, 0.2) is 41.5 Å². The molecule has 0 spiro atoms. The molecule has 2 aromatic carbocycles. The molecule has 0 aliphatic heterocycles. The number of aromatic hydroxyl groups is 4. The van der Waals surface area contributed by atoms with E-state index in [-0.39, 0.29) is 40.8 Å². The number of hydrogen-bond donors (Lipinski definition) is 6. The molecule has 3 aromatic rings. The maximum absolute atomic E-state index is 9.55. The zero-order chi connectivity index (χ0) is 19.4. The predicted octanol–water partition coefficient (Wildman–Crippen LogP) is 3.12. The van der Waals surface area contributed by atoms with Crippen LogP contribution in [0.3, 0.4) is 0 Å². The quantitative estimate of drug-likeness (QED) is 0.129. The van der Waals surface area contributed by atoms with Gasteiger partial charge in [-0.1, -0.05) is 0 Å². The predicted molar refractivity (Wildman–Crippen MR) is 94.7 cm³/mol. The third kappa shape index (κ3) is 4.15. The van der Waals surface area contributed by atoms with Gasteiger partial charge in [0, 0.05) is 28.4 Å². The zero-order valence-corrected chi connectivity index (χ0v) is 13.4. The van der Waals surface area contributed by atoms with Crippen LogP contribution in [0.25, 0.3) is 10.4 Å². The average molecular weight is 368 g/mol. The fraction of sp³-hybridized carbons (Fsp3) is 0. The summed E-state index contributed by atoms with van der Waals surface area (Å²) >= 11 is 0. The van der Waals surface area contributed by atoms with Gasteiger partial charge in [0.15, 0.2) is 23.0 Å². The van der Waals surface area contributed by atoms with Crippen LogP contribution in [0.5, 0.6) is 23.0 Å². The van der Waals surface area contributed by atoms with Gasteiger partial charge >= 0.3 is 0 Å². The van der Waals surface area contributed by atoms with Crippen molar-refractivity contribution in [1.82, 2.24) is 15.0 Å². The summed E-state index contributed by atoms with van der Waals surface area (Å²) in [5.74, 6) is -1.53. The molecule has 0 bridgehead atoms. The van der Waals surface area contributed by atoms with Gasteiger partial charge in [-0.2, -0.15) is 15.0 Å². The van der Waals surface area contributed by atoms with Crippen molar-refractivity contribution < 1.29 is 20.4 Å². The van der Waals surface area contributed by atoms with Crippen LogP contribution >= 0.6 is 0 Å². The average Bonchev–Trinajstić information content (AvgIpc) is 2.61. The Balaban J connectivity index is 1.92. The Morgan fingerprint density at radius 3 is 1.63 bits per heavy atom. The first-order chi connectivity index (χ1) is 12.9. The largest absolute Gasteiger partial charge is 0.504 e. The van der Waals surface area contributed by atoms with Gasteiger partial charge in [-0.25, -0.2) is 0 Å². The normalized spacial score (nSPS) is 10.1. The van der Waals surface area contributed by atoms with E-state index in [1.54, 1.807) is 0 Å².